The van der Waals surface area contributed by atoms with Gasteiger partial charge in [-0.05, 0) is 56.3 Å². The number of hydrogen-bond acceptors (Lipinski definition) is 5. The van der Waals surface area contributed by atoms with E-state index in [4.69, 9.17) is 9.88 Å². The van der Waals surface area contributed by atoms with Gasteiger partial charge in [0.25, 0.3) is 5.91 Å². The number of aromatic nitrogens is 1. The molecular formula is C20H21N3O4S2. The third-order valence-electron chi connectivity index (χ3n) is 3.96. The van der Waals surface area contributed by atoms with Gasteiger partial charge >= 0.3 is 0 Å². The van der Waals surface area contributed by atoms with Crippen LogP contribution in [-0.2, 0) is 16.6 Å². The molecule has 1 aromatic heterocycles. The fraction of sp³-hybridized carbons (Fsp3) is 0.200. The first-order chi connectivity index (χ1) is 13.7. The maximum absolute atomic E-state index is 12.7. The number of ether oxygens (including phenoxy) is 1. The fourth-order valence-corrected chi connectivity index (χ4v) is 4.41. The van der Waals surface area contributed by atoms with Crippen molar-refractivity contribution in [2.45, 2.75) is 31.4 Å². The van der Waals surface area contributed by atoms with Crippen molar-refractivity contribution in [2.75, 3.05) is 0 Å². The predicted octanol–water partition coefficient (Wildman–Crippen LogP) is 3.06. The van der Waals surface area contributed by atoms with Crippen molar-refractivity contribution in [3.05, 3.63) is 65.5 Å². The third-order valence-corrected chi connectivity index (χ3v) is 5.92. The molecule has 0 unspecified atom stereocenters. The molecule has 0 aliphatic rings. The number of nitrogens with zero attached hydrogens (tertiary/aromatic N) is 2. The average Bonchev–Trinajstić information content (AvgIpc) is 2.98. The van der Waals surface area contributed by atoms with Crippen LogP contribution in [0.5, 0.6) is 5.75 Å². The Morgan fingerprint density at radius 2 is 1.97 bits per heavy atom. The Labute approximate surface area is 172 Å². The van der Waals surface area contributed by atoms with E-state index in [0.717, 1.165) is 5.52 Å². The number of primary sulfonamides is 1. The summed E-state index contributed by atoms with van der Waals surface area (Å²) in [5, 5.41) is 5.22. The van der Waals surface area contributed by atoms with Crippen molar-refractivity contribution in [2.24, 2.45) is 10.1 Å². The summed E-state index contributed by atoms with van der Waals surface area (Å²) in [4.78, 5) is 17.3. The lowest BCUT2D eigenvalue weighted by Crippen LogP contribution is -2.16. The van der Waals surface area contributed by atoms with Crippen LogP contribution in [0, 0.1) is 0 Å². The van der Waals surface area contributed by atoms with E-state index in [2.05, 4.69) is 11.6 Å². The quantitative estimate of drug-likeness (QED) is 0.606. The topological polar surface area (TPSA) is 104 Å². The Balaban J connectivity index is 2.04. The number of hydrogen-bond donors (Lipinski definition) is 1. The summed E-state index contributed by atoms with van der Waals surface area (Å²) in [5.41, 5.74) is 1.17. The molecule has 2 N–H and O–H groups in total. The van der Waals surface area contributed by atoms with Gasteiger partial charge in [-0.2, -0.15) is 4.99 Å². The highest BCUT2D eigenvalue weighted by molar-refractivity contribution is 7.89. The summed E-state index contributed by atoms with van der Waals surface area (Å²) in [6, 6.07) is 11.3. The van der Waals surface area contributed by atoms with Crippen LogP contribution >= 0.6 is 11.3 Å². The van der Waals surface area contributed by atoms with Crippen molar-refractivity contribution >= 4 is 37.5 Å². The van der Waals surface area contributed by atoms with Gasteiger partial charge in [-0.3, -0.25) is 4.79 Å². The Morgan fingerprint density at radius 3 is 2.55 bits per heavy atom. The molecule has 1 heterocycles. The lowest BCUT2D eigenvalue weighted by molar-refractivity contribution is 0.0998. The number of carbonyl (C=O) groups excluding carboxylic acids is 1. The number of allylic oxidation sites excluding steroid dienone is 1. The maximum atomic E-state index is 12.7. The molecule has 0 bridgehead atoms. The zero-order chi connectivity index (χ0) is 21.2. The van der Waals surface area contributed by atoms with Crippen LogP contribution in [0.1, 0.15) is 24.2 Å². The lowest BCUT2D eigenvalue weighted by Gasteiger charge is -2.09. The van der Waals surface area contributed by atoms with Gasteiger partial charge in [0.15, 0.2) is 4.80 Å². The Hall–Kier alpha value is -2.75. The number of rotatable bonds is 6. The fourth-order valence-electron chi connectivity index (χ4n) is 2.72. The lowest BCUT2D eigenvalue weighted by atomic mass is 10.2. The van der Waals surface area contributed by atoms with Crippen LogP contribution in [-0.4, -0.2) is 25.0 Å². The van der Waals surface area contributed by atoms with Gasteiger partial charge in [-0.1, -0.05) is 17.4 Å². The van der Waals surface area contributed by atoms with Crippen LogP contribution in [0.2, 0.25) is 0 Å². The van der Waals surface area contributed by atoms with Crippen molar-refractivity contribution < 1.29 is 17.9 Å². The van der Waals surface area contributed by atoms with Crippen LogP contribution in [0.4, 0.5) is 0 Å². The van der Waals surface area contributed by atoms with E-state index in [0.29, 0.717) is 27.4 Å². The summed E-state index contributed by atoms with van der Waals surface area (Å²) in [5.74, 6) is 0.271. The Kier molecular flexibility index (Phi) is 6.02. The zero-order valence-corrected chi connectivity index (χ0v) is 17.7. The van der Waals surface area contributed by atoms with E-state index >= 15 is 0 Å². The summed E-state index contributed by atoms with van der Waals surface area (Å²) < 4.78 is 31.3. The SMILES string of the molecule is C=CCn1c(=NC(=O)c2ccc(OC(C)C)cc2)sc2cc(S(N)(=O)=O)ccc21. The number of sulfonamides is 1. The van der Waals surface area contributed by atoms with Crippen molar-refractivity contribution in [1.29, 1.82) is 0 Å². The van der Waals surface area contributed by atoms with Gasteiger partial charge in [0.05, 0.1) is 21.2 Å². The maximum Gasteiger partial charge on any atom is 0.279 e. The normalized spacial score (nSPS) is 12.5. The molecule has 29 heavy (non-hydrogen) atoms. The van der Waals surface area contributed by atoms with E-state index in [-0.39, 0.29) is 11.0 Å². The average molecular weight is 432 g/mol. The summed E-state index contributed by atoms with van der Waals surface area (Å²) in [6.45, 7) is 8.01. The van der Waals surface area contributed by atoms with E-state index in [9.17, 15) is 13.2 Å². The molecule has 3 aromatic rings. The first-order valence-corrected chi connectivity index (χ1v) is 11.2. The second kappa shape index (κ2) is 8.32. The van der Waals surface area contributed by atoms with Gasteiger partial charge in [0, 0.05) is 12.1 Å². The molecule has 0 aliphatic carbocycles. The summed E-state index contributed by atoms with van der Waals surface area (Å²) in [7, 11) is -3.82. The van der Waals surface area contributed by atoms with E-state index in [1.807, 2.05) is 13.8 Å². The molecular weight excluding hydrogens is 410 g/mol. The molecule has 3 rings (SSSR count). The van der Waals surface area contributed by atoms with Gasteiger partial charge in [-0.25, -0.2) is 13.6 Å². The number of fused-ring (bicyclic) bond motifs is 1. The minimum atomic E-state index is -3.82. The second-order valence-electron chi connectivity index (χ2n) is 6.57. The highest BCUT2D eigenvalue weighted by Gasteiger charge is 2.13. The molecule has 2 aromatic carbocycles. The molecule has 152 valence electrons. The molecule has 9 heteroatoms. The largest absolute Gasteiger partial charge is 0.491 e. The smallest absolute Gasteiger partial charge is 0.279 e. The molecule has 0 saturated heterocycles. The molecule has 0 saturated carbocycles. The highest BCUT2D eigenvalue weighted by atomic mass is 32.2. The molecule has 0 aliphatic heterocycles. The van der Waals surface area contributed by atoms with E-state index in [1.54, 1.807) is 41.0 Å². The van der Waals surface area contributed by atoms with Crippen molar-refractivity contribution in [1.82, 2.24) is 4.57 Å². The van der Waals surface area contributed by atoms with Crippen molar-refractivity contribution in [3.63, 3.8) is 0 Å². The molecule has 1 amide bonds. The van der Waals surface area contributed by atoms with E-state index in [1.165, 1.54) is 23.5 Å². The Bertz CT molecular complexity index is 1240. The van der Waals surface area contributed by atoms with Gasteiger partial charge in [-0.15, -0.1) is 6.58 Å². The van der Waals surface area contributed by atoms with Crippen LogP contribution in [0.25, 0.3) is 10.2 Å². The predicted molar refractivity (Wildman–Crippen MR) is 113 cm³/mol. The first kappa shape index (κ1) is 21.0. The molecule has 0 radical (unpaired) electrons. The number of benzene rings is 2. The standard InChI is InChI=1S/C20H21N3O4S2/c1-4-11-23-17-10-9-16(29(21,25)26)12-18(17)28-20(23)22-19(24)14-5-7-15(8-6-14)27-13(2)3/h4-10,12-13H,1,11H2,2-3H3,(H2,21,25,26). The monoisotopic (exact) mass is 431 g/mol. The number of carbonyl (C=O) groups is 1. The highest BCUT2D eigenvalue weighted by Crippen LogP contribution is 2.21. The van der Waals surface area contributed by atoms with Gasteiger partial charge in [0.1, 0.15) is 5.75 Å². The Morgan fingerprint density at radius 1 is 1.28 bits per heavy atom. The summed E-state index contributed by atoms with van der Waals surface area (Å²) >= 11 is 1.21. The zero-order valence-electron chi connectivity index (χ0n) is 16.0. The molecule has 7 nitrogen and oxygen atoms in total. The molecule has 0 spiro atoms. The van der Waals surface area contributed by atoms with Crippen LogP contribution in [0.15, 0.2) is 65.0 Å². The second-order valence-corrected chi connectivity index (χ2v) is 9.14. The minimum absolute atomic E-state index is 0.00983. The third kappa shape index (κ3) is 4.81. The summed E-state index contributed by atoms with van der Waals surface area (Å²) in [6.07, 6.45) is 1.72. The first-order valence-electron chi connectivity index (χ1n) is 8.82. The van der Waals surface area contributed by atoms with Crippen LogP contribution in [0.3, 0.4) is 0 Å². The number of thiazole rings is 1. The number of amides is 1. The van der Waals surface area contributed by atoms with E-state index < -0.39 is 15.9 Å². The molecule has 0 atom stereocenters. The molecule has 0 fully saturated rings. The van der Waals surface area contributed by atoms with Crippen LogP contribution < -0.4 is 14.7 Å². The van der Waals surface area contributed by atoms with Crippen molar-refractivity contribution in [3.8, 4) is 5.75 Å². The number of nitrogens with two attached hydrogens (primary N) is 1. The van der Waals surface area contributed by atoms with Gasteiger partial charge < -0.3 is 9.30 Å². The minimum Gasteiger partial charge on any atom is -0.491 e. The van der Waals surface area contributed by atoms with Gasteiger partial charge in [0.2, 0.25) is 10.0 Å².